The summed E-state index contributed by atoms with van der Waals surface area (Å²) in [7, 11) is 0. The van der Waals surface area contributed by atoms with Crippen molar-refractivity contribution in [2.45, 2.75) is 63.5 Å². The monoisotopic (exact) mass is 480 g/mol. The Bertz CT molecular complexity index is 1090. The zero-order chi connectivity index (χ0) is 24.5. The molecule has 6 rings (SSSR count). The second kappa shape index (κ2) is 8.02. The number of nitrogens with zero attached hydrogens (tertiary/aromatic N) is 2. The average Bonchev–Trinajstić information content (AvgIpc) is 3.22. The SMILES string of the molecule is CC12CC(C)(c3cc(O)c(O)c(CN4CCCCC4)c31)c1c2cc(O)c(O)c1CN1CCOCC1. The van der Waals surface area contributed by atoms with Gasteiger partial charge in [-0.3, -0.25) is 9.80 Å². The molecule has 2 unspecified atom stereocenters. The maximum atomic E-state index is 11.1. The lowest BCUT2D eigenvalue weighted by Gasteiger charge is -2.37. The predicted molar refractivity (Wildman–Crippen MR) is 132 cm³/mol. The number of hydrogen-bond acceptors (Lipinski definition) is 7. The van der Waals surface area contributed by atoms with E-state index in [1.54, 1.807) is 12.1 Å². The Balaban J connectivity index is 1.51. The van der Waals surface area contributed by atoms with Gasteiger partial charge in [0.05, 0.1) is 13.2 Å². The van der Waals surface area contributed by atoms with Crippen LogP contribution in [-0.4, -0.2) is 69.6 Å². The number of hydrogen-bond donors (Lipinski definition) is 4. The van der Waals surface area contributed by atoms with Crippen molar-refractivity contribution in [2.24, 2.45) is 0 Å². The molecule has 2 heterocycles. The maximum absolute atomic E-state index is 11.1. The Kier molecular flexibility index (Phi) is 5.26. The van der Waals surface area contributed by atoms with Gasteiger partial charge in [0.2, 0.25) is 0 Å². The van der Waals surface area contributed by atoms with Gasteiger partial charge in [0.15, 0.2) is 23.0 Å². The Morgan fingerprint density at radius 1 is 0.714 bits per heavy atom. The molecule has 7 nitrogen and oxygen atoms in total. The highest BCUT2D eigenvalue weighted by molar-refractivity contribution is 5.75. The maximum Gasteiger partial charge on any atom is 0.162 e. The molecule has 0 saturated carbocycles. The van der Waals surface area contributed by atoms with E-state index in [0.717, 1.165) is 78.8 Å². The van der Waals surface area contributed by atoms with Crippen molar-refractivity contribution in [3.05, 3.63) is 45.5 Å². The molecule has 0 radical (unpaired) electrons. The number of morpholine rings is 1. The number of piperidine rings is 1. The quantitative estimate of drug-likeness (QED) is 0.496. The molecule has 2 atom stereocenters. The van der Waals surface area contributed by atoms with Gasteiger partial charge in [0, 0.05) is 48.1 Å². The molecule has 2 aliphatic heterocycles. The van der Waals surface area contributed by atoms with Crippen LogP contribution in [0.1, 0.15) is 72.9 Å². The topological polar surface area (TPSA) is 96.6 Å². The van der Waals surface area contributed by atoms with Crippen LogP contribution in [0.2, 0.25) is 0 Å². The third-order valence-electron chi connectivity index (χ3n) is 9.08. The van der Waals surface area contributed by atoms with Crippen molar-refractivity contribution < 1.29 is 25.2 Å². The average molecular weight is 481 g/mol. The summed E-state index contributed by atoms with van der Waals surface area (Å²) in [5, 5.41) is 43.7. The van der Waals surface area contributed by atoms with Crippen LogP contribution in [0.3, 0.4) is 0 Å². The molecule has 0 amide bonds. The van der Waals surface area contributed by atoms with Crippen LogP contribution < -0.4 is 0 Å². The number of likely N-dealkylation sites (tertiary alicyclic amines) is 1. The standard InChI is InChI=1S/C28H36N2O5/c1-27-16-28(2,19-12-21(31)25(33)17(23(19)27)14-29-6-4-3-5-7-29)24-18(15-30-8-10-35-11-9-30)26(34)22(32)13-20(24)27/h12-13,31-34H,3-11,14-16H2,1-2H3. The van der Waals surface area contributed by atoms with Gasteiger partial charge in [0.25, 0.3) is 0 Å². The first-order chi connectivity index (χ1) is 16.7. The van der Waals surface area contributed by atoms with Crippen LogP contribution in [-0.2, 0) is 28.7 Å². The largest absolute Gasteiger partial charge is 0.504 e. The second-order valence-corrected chi connectivity index (χ2v) is 11.4. The van der Waals surface area contributed by atoms with Crippen molar-refractivity contribution in [1.29, 1.82) is 0 Å². The summed E-state index contributed by atoms with van der Waals surface area (Å²) >= 11 is 0. The number of phenolic OH excluding ortho intramolecular Hbond substituents is 4. The van der Waals surface area contributed by atoms with Crippen LogP contribution in [0, 0.1) is 0 Å². The molecule has 2 aromatic carbocycles. The summed E-state index contributed by atoms with van der Waals surface area (Å²) in [4.78, 5) is 4.63. The summed E-state index contributed by atoms with van der Waals surface area (Å²) in [5.41, 5.74) is 4.90. The molecule has 35 heavy (non-hydrogen) atoms. The Labute approximate surface area is 206 Å². The van der Waals surface area contributed by atoms with E-state index in [-0.39, 0.29) is 23.0 Å². The van der Waals surface area contributed by atoms with Crippen LogP contribution in [0.25, 0.3) is 0 Å². The Morgan fingerprint density at radius 3 is 1.66 bits per heavy atom. The summed E-state index contributed by atoms with van der Waals surface area (Å²) in [5.74, 6) is -0.241. The normalized spacial score (nSPS) is 28.3. The molecule has 2 bridgehead atoms. The summed E-state index contributed by atoms with van der Waals surface area (Å²) in [6.45, 7) is 10.4. The first-order valence-electron chi connectivity index (χ1n) is 12.9. The molecule has 2 aromatic rings. The van der Waals surface area contributed by atoms with Crippen molar-refractivity contribution in [3.63, 3.8) is 0 Å². The lowest BCUT2D eigenvalue weighted by atomic mass is 9.70. The van der Waals surface area contributed by atoms with Gasteiger partial charge in [-0.2, -0.15) is 0 Å². The minimum absolute atomic E-state index is 0.0233. The van der Waals surface area contributed by atoms with Crippen molar-refractivity contribution in [1.82, 2.24) is 9.80 Å². The fraction of sp³-hybridized carbons (Fsp3) is 0.571. The predicted octanol–water partition coefficient (Wildman–Crippen LogP) is 3.66. The fourth-order valence-corrected chi connectivity index (χ4v) is 7.53. The van der Waals surface area contributed by atoms with Gasteiger partial charge in [0.1, 0.15) is 0 Å². The van der Waals surface area contributed by atoms with Crippen molar-refractivity contribution in [3.8, 4) is 23.0 Å². The van der Waals surface area contributed by atoms with E-state index in [1.165, 1.54) is 6.42 Å². The van der Waals surface area contributed by atoms with E-state index >= 15 is 0 Å². The first-order valence-corrected chi connectivity index (χ1v) is 12.9. The molecule has 4 aliphatic rings. The zero-order valence-corrected chi connectivity index (χ0v) is 20.7. The van der Waals surface area contributed by atoms with Crippen molar-refractivity contribution in [2.75, 3.05) is 39.4 Å². The van der Waals surface area contributed by atoms with E-state index in [1.807, 2.05) is 0 Å². The molecule has 188 valence electrons. The molecular formula is C28H36N2O5. The molecule has 0 spiro atoms. The summed E-state index contributed by atoms with van der Waals surface area (Å²) < 4.78 is 5.51. The van der Waals surface area contributed by atoms with E-state index < -0.39 is 10.8 Å². The molecule has 0 aromatic heterocycles. The smallest absolute Gasteiger partial charge is 0.162 e. The third kappa shape index (κ3) is 3.28. The highest BCUT2D eigenvalue weighted by Gasteiger charge is 2.59. The van der Waals surface area contributed by atoms with Gasteiger partial charge >= 0.3 is 0 Å². The second-order valence-electron chi connectivity index (χ2n) is 11.4. The first kappa shape index (κ1) is 23.0. The lowest BCUT2D eigenvalue weighted by Crippen LogP contribution is -2.36. The highest BCUT2D eigenvalue weighted by atomic mass is 16.5. The van der Waals surface area contributed by atoms with E-state index in [2.05, 4.69) is 23.6 Å². The van der Waals surface area contributed by atoms with E-state index in [9.17, 15) is 20.4 Å². The molecule has 4 N–H and O–H groups in total. The number of rotatable bonds is 4. The summed E-state index contributed by atoms with van der Waals surface area (Å²) in [6.07, 6.45) is 4.31. The zero-order valence-electron chi connectivity index (χ0n) is 20.7. The minimum Gasteiger partial charge on any atom is -0.504 e. The van der Waals surface area contributed by atoms with Gasteiger partial charge < -0.3 is 25.2 Å². The molecule has 2 saturated heterocycles. The van der Waals surface area contributed by atoms with Crippen LogP contribution >= 0.6 is 0 Å². The van der Waals surface area contributed by atoms with Crippen LogP contribution in [0.4, 0.5) is 0 Å². The molecule has 2 aliphatic carbocycles. The van der Waals surface area contributed by atoms with Crippen LogP contribution in [0.15, 0.2) is 12.1 Å². The van der Waals surface area contributed by atoms with E-state index in [0.29, 0.717) is 26.3 Å². The molecule has 7 heteroatoms. The van der Waals surface area contributed by atoms with Gasteiger partial charge in [-0.1, -0.05) is 20.3 Å². The molecular weight excluding hydrogens is 444 g/mol. The van der Waals surface area contributed by atoms with E-state index in [4.69, 9.17) is 4.74 Å². The Morgan fingerprint density at radius 2 is 1.17 bits per heavy atom. The number of aromatic hydroxyl groups is 4. The number of ether oxygens (including phenoxy) is 1. The van der Waals surface area contributed by atoms with Gasteiger partial charge in [-0.25, -0.2) is 0 Å². The minimum atomic E-state index is -0.436. The third-order valence-corrected chi connectivity index (χ3v) is 9.08. The lowest BCUT2D eigenvalue weighted by molar-refractivity contribution is 0.0336. The fourth-order valence-electron chi connectivity index (χ4n) is 7.53. The van der Waals surface area contributed by atoms with Gasteiger partial charge in [-0.05, 0) is 66.7 Å². The van der Waals surface area contributed by atoms with Gasteiger partial charge in [-0.15, -0.1) is 0 Å². The van der Waals surface area contributed by atoms with Crippen LogP contribution in [0.5, 0.6) is 23.0 Å². The molecule has 2 fully saturated rings. The number of benzene rings is 2. The Hall–Kier alpha value is -2.48. The highest BCUT2D eigenvalue weighted by Crippen LogP contribution is 2.67. The van der Waals surface area contributed by atoms with Crippen molar-refractivity contribution >= 4 is 0 Å². The summed E-state index contributed by atoms with van der Waals surface area (Å²) in [6, 6.07) is 3.47. The number of fused-ring (bicyclic) bond motifs is 8. The number of phenols is 4.